The zero-order valence-corrected chi connectivity index (χ0v) is 22.9. The third-order valence-corrected chi connectivity index (χ3v) is 8.97. The first-order valence-corrected chi connectivity index (χ1v) is 14.1. The summed E-state index contributed by atoms with van der Waals surface area (Å²) in [6, 6.07) is 0.134. The zero-order chi connectivity index (χ0) is 29.1. The van der Waals surface area contributed by atoms with Crippen molar-refractivity contribution >= 4 is 45.7 Å². The number of aryl methyl sites for hydroxylation is 1. The highest BCUT2D eigenvalue weighted by molar-refractivity contribution is 7.99. The molecule has 1 amide bonds. The molecule has 4 heterocycles. The van der Waals surface area contributed by atoms with E-state index in [-0.39, 0.29) is 59.2 Å². The van der Waals surface area contributed by atoms with Gasteiger partial charge >= 0.3 is 18.0 Å². The first kappa shape index (κ1) is 28.5. The Kier molecular flexibility index (Phi) is 7.18. The van der Waals surface area contributed by atoms with E-state index in [0.29, 0.717) is 28.9 Å². The van der Waals surface area contributed by atoms with E-state index in [1.165, 1.54) is 10.6 Å². The predicted octanol–water partition coefficient (Wildman–Crippen LogP) is 5.67. The topological polar surface area (TPSA) is 71.3 Å². The van der Waals surface area contributed by atoms with Crippen molar-refractivity contribution < 1.29 is 31.1 Å². The summed E-state index contributed by atoms with van der Waals surface area (Å²) >= 11 is 1.53. The molecule has 0 saturated carbocycles. The molecule has 2 aromatic heterocycles. The number of piperazine rings is 1. The summed E-state index contributed by atoms with van der Waals surface area (Å²) < 4.78 is 85.0. The van der Waals surface area contributed by atoms with Gasteiger partial charge in [0.05, 0.1) is 11.1 Å². The van der Waals surface area contributed by atoms with Crippen LogP contribution in [0.1, 0.15) is 31.5 Å². The molecule has 0 aliphatic carbocycles. The fourth-order valence-corrected chi connectivity index (χ4v) is 7.51. The summed E-state index contributed by atoms with van der Waals surface area (Å²) in [6.45, 7) is 7.67. The number of alkyl halides is 6. The van der Waals surface area contributed by atoms with Crippen LogP contribution in [0.15, 0.2) is 33.8 Å². The molecule has 2 aliphatic rings. The number of hydrogen-bond acceptors (Lipinski definition) is 7. The van der Waals surface area contributed by atoms with Crippen LogP contribution in [0.5, 0.6) is 0 Å². The summed E-state index contributed by atoms with van der Waals surface area (Å²) in [7, 11) is 0. The Bertz CT molecular complexity index is 1550. The van der Waals surface area contributed by atoms with Crippen molar-refractivity contribution in [1.29, 1.82) is 0 Å². The number of halogens is 6. The van der Waals surface area contributed by atoms with E-state index in [4.69, 9.17) is 0 Å². The van der Waals surface area contributed by atoms with Gasteiger partial charge in [-0.2, -0.15) is 31.3 Å². The van der Waals surface area contributed by atoms with E-state index in [1.54, 1.807) is 23.6 Å². The van der Waals surface area contributed by atoms with Gasteiger partial charge in [-0.05, 0) is 38.2 Å². The molecular formula is C25H23F6N5O2S2. The molecule has 3 aromatic rings. The van der Waals surface area contributed by atoms with Gasteiger partial charge < -0.3 is 9.80 Å². The summed E-state index contributed by atoms with van der Waals surface area (Å²) in [6.07, 6.45) is -8.13. The largest absolute Gasteiger partial charge is 0.434 e. The Labute approximate surface area is 232 Å². The number of nitrogens with zero attached hydrogens (tertiary/aromatic N) is 5. The van der Waals surface area contributed by atoms with Crippen LogP contribution in [0.25, 0.3) is 21.5 Å². The van der Waals surface area contributed by atoms with Crippen LogP contribution in [0.4, 0.5) is 32.2 Å². The van der Waals surface area contributed by atoms with Gasteiger partial charge in [0, 0.05) is 52.9 Å². The molecule has 1 aromatic carbocycles. The number of thiazole rings is 1. The molecular weight excluding hydrogens is 580 g/mol. The lowest BCUT2D eigenvalue weighted by molar-refractivity contribution is -0.140. The van der Waals surface area contributed by atoms with Crippen molar-refractivity contribution in [3.8, 4) is 10.6 Å². The highest BCUT2D eigenvalue weighted by Gasteiger charge is 2.41. The fraction of sp³-hybridized carbons (Fsp3) is 0.440. The maximum atomic E-state index is 14.6. The lowest BCUT2D eigenvalue weighted by atomic mass is 10.0. The van der Waals surface area contributed by atoms with Gasteiger partial charge in [0.1, 0.15) is 10.8 Å². The highest BCUT2D eigenvalue weighted by atomic mass is 32.2. The summed E-state index contributed by atoms with van der Waals surface area (Å²) in [4.78, 5) is 36.7. The van der Waals surface area contributed by atoms with Crippen LogP contribution < -0.4 is 10.6 Å². The molecule has 40 heavy (non-hydrogen) atoms. The van der Waals surface area contributed by atoms with E-state index >= 15 is 0 Å². The van der Waals surface area contributed by atoms with Gasteiger partial charge in [-0.25, -0.2) is 9.78 Å². The van der Waals surface area contributed by atoms with Gasteiger partial charge in [0.15, 0.2) is 5.69 Å². The maximum absolute atomic E-state index is 14.6. The van der Waals surface area contributed by atoms with E-state index in [0.717, 1.165) is 17.8 Å². The van der Waals surface area contributed by atoms with Crippen molar-refractivity contribution in [2.45, 2.75) is 56.1 Å². The number of carbonyl (C=O) groups is 1. The van der Waals surface area contributed by atoms with Crippen molar-refractivity contribution in [2.24, 2.45) is 0 Å². The molecule has 0 bridgehead atoms. The number of anilines is 1. The lowest BCUT2D eigenvalue weighted by Gasteiger charge is -2.44. The van der Waals surface area contributed by atoms with Gasteiger partial charge in [-0.3, -0.25) is 9.36 Å². The minimum atomic E-state index is -4.94. The summed E-state index contributed by atoms with van der Waals surface area (Å²) in [5, 5.41) is 0.323. The molecule has 2 unspecified atom stereocenters. The van der Waals surface area contributed by atoms with Gasteiger partial charge in [-0.1, -0.05) is 6.58 Å². The van der Waals surface area contributed by atoms with E-state index in [9.17, 15) is 35.9 Å². The molecule has 1 saturated heterocycles. The molecule has 5 rings (SSSR count). The molecule has 15 heteroatoms. The standard InChI is InChI=1S/C25H23F6N5O2S2/c1-4-17(37)36-12(2)9-34(10-13(36)3)21-14-8-15(24(26,27)28)18(22-32-16(11-40-22)25(29,30)31)20-19(14)35(23(38)33-21)6-5-7-39-20/h4,8,11-13H,1,5-7,9-10H2,2-3H3. The quantitative estimate of drug-likeness (QED) is 0.284. The second-order valence-electron chi connectivity index (χ2n) is 9.68. The van der Waals surface area contributed by atoms with Gasteiger partial charge in [0.2, 0.25) is 5.91 Å². The average Bonchev–Trinajstić information content (AvgIpc) is 3.25. The molecule has 2 aliphatic heterocycles. The number of hydrogen-bond donors (Lipinski definition) is 0. The normalized spacial score (nSPS) is 20.1. The number of carbonyl (C=O) groups excluding carboxylic acids is 1. The molecule has 214 valence electrons. The highest BCUT2D eigenvalue weighted by Crippen LogP contribution is 2.49. The van der Waals surface area contributed by atoms with Crippen LogP contribution in [0, 0.1) is 0 Å². The van der Waals surface area contributed by atoms with E-state index < -0.39 is 39.9 Å². The number of aromatic nitrogens is 3. The Morgan fingerprint density at radius 3 is 2.35 bits per heavy atom. The van der Waals surface area contributed by atoms with Crippen LogP contribution in [-0.4, -0.2) is 56.3 Å². The second-order valence-corrected chi connectivity index (χ2v) is 11.6. The maximum Gasteiger partial charge on any atom is 0.434 e. The molecule has 2 atom stereocenters. The number of thioether (sulfide) groups is 1. The first-order chi connectivity index (χ1) is 18.7. The number of rotatable bonds is 3. The van der Waals surface area contributed by atoms with Crippen LogP contribution in [-0.2, 0) is 23.7 Å². The molecule has 7 nitrogen and oxygen atoms in total. The minimum Gasteiger partial charge on any atom is -0.352 e. The average molecular weight is 604 g/mol. The molecule has 1 fully saturated rings. The SMILES string of the molecule is C=CC(=O)N1C(C)CN(c2nc(=O)n3c4c(c(-c5nc(C(F)(F)F)cs5)c(C(F)(F)F)cc24)SCCC3)CC1C. The summed E-state index contributed by atoms with van der Waals surface area (Å²) in [5.74, 6) is 0.0908. The Morgan fingerprint density at radius 1 is 1.10 bits per heavy atom. The fourth-order valence-electron chi connectivity index (χ4n) is 5.37. The van der Waals surface area contributed by atoms with Crippen LogP contribution in [0.3, 0.4) is 0 Å². The van der Waals surface area contributed by atoms with Crippen molar-refractivity contribution in [1.82, 2.24) is 19.4 Å². The Balaban J connectivity index is 1.79. The Hall–Kier alpha value is -3.07. The smallest absolute Gasteiger partial charge is 0.352 e. The molecule has 0 radical (unpaired) electrons. The number of benzene rings is 1. The summed E-state index contributed by atoms with van der Waals surface area (Å²) in [5.41, 5.74) is -3.39. The van der Waals surface area contributed by atoms with E-state index in [2.05, 4.69) is 16.5 Å². The van der Waals surface area contributed by atoms with Crippen molar-refractivity contribution in [2.75, 3.05) is 23.7 Å². The molecule has 0 N–H and O–H groups in total. The van der Waals surface area contributed by atoms with E-state index in [1.807, 2.05) is 0 Å². The number of amides is 1. The lowest BCUT2D eigenvalue weighted by Crippen LogP contribution is -2.58. The second kappa shape index (κ2) is 10.1. The Morgan fingerprint density at radius 2 is 1.77 bits per heavy atom. The molecule has 0 spiro atoms. The minimum absolute atomic E-state index is 0.0385. The van der Waals surface area contributed by atoms with Crippen LogP contribution >= 0.6 is 23.1 Å². The van der Waals surface area contributed by atoms with Gasteiger partial charge in [-0.15, -0.1) is 23.1 Å². The van der Waals surface area contributed by atoms with Gasteiger partial charge in [0.25, 0.3) is 0 Å². The third kappa shape index (κ3) is 4.86. The predicted molar refractivity (Wildman–Crippen MR) is 141 cm³/mol. The zero-order valence-electron chi connectivity index (χ0n) is 21.3. The van der Waals surface area contributed by atoms with Crippen LogP contribution in [0.2, 0.25) is 0 Å². The van der Waals surface area contributed by atoms with Crippen molar-refractivity contribution in [3.63, 3.8) is 0 Å². The third-order valence-electron chi connectivity index (χ3n) is 6.93. The first-order valence-electron chi connectivity index (χ1n) is 12.3. The van der Waals surface area contributed by atoms with Crippen molar-refractivity contribution in [3.05, 3.63) is 45.8 Å². The monoisotopic (exact) mass is 603 g/mol.